The zero-order valence-electron chi connectivity index (χ0n) is 13.6. The molecule has 0 radical (unpaired) electrons. The number of fused-ring (bicyclic) bond motifs is 1. The van der Waals surface area contributed by atoms with E-state index in [4.69, 9.17) is 0 Å². The summed E-state index contributed by atoms with van der Waals surface area (Å²) < 4.78 is 1.88. The van der Waals surface area contributed by atoms with Crippen LogP contribution in [0.25, 0.3) is 5.65 Å². The number of hydrogen-bond donors (Lipinski definition) is 1. The van der Waals surface area contributed by atoms with E-state index >= 15 is 0 Å². The summed E-state index contributed by atoms with van der Waals surface area (Å²) in [5.74, 6) is 1.77. The summed E-state index contributed by atoms with van der Waals surface area (Å²) in [7, 11) is 0. The van der Waals surface area contributed by atoms with Gasteiger partial charge in [-0.3, -0.25) is 9.88 Å². The van der Waals surface area contributed by atoms with Gasteiger partial charge in [-0.15, -0.1) is 5.10 Å². The second-order valence-corrected chi connectivity index (χ2v) is 6.64. The maximum atomic E-state index is 10.3. The van der Waals surface area contributed by atoms with Crippen molar-refractivity contribution in [3.05, 3.63) is 18.2 Å². The van der Waals surface area contributed by atoms with Crippen LogP contribution in [0.5, 0.6) is 0 Å². The number of nitrogens with zero attached hydrogens (tertiary/aromatic N) is 6. The highest BCUT2D eigenvalue weighted by Crippen LogP contribution is 2.25. The van der Waals surface area contributed by atoms with Crippen LogP contribution in [0.3, 0.4) is 0 Å². The Bertz CT molecular complexity index is 678. The van der Waals surface area contributed by atoms with Gasteiger partial charge in [0.05, 0.1) is 18.5 Å². The SMILES string of the molecule is Cc1nc2cncc(N3CCN(C4CCCCC4O)CC3)n2n1. The van der Waals surface area contributed by atoms with Crippen molar-refractivity contribution >= 4 is 11.5 Å². The lowest BCUT2D eigenvalue weighted by Crippen LogP contribution is -2.54. The second-order valence-electron chi connectivity index (χ2n) is 6.64. The van der Waals surface area contributed by atoms with E-state index in [1.807, 2.05) is 17.6 Å². The minimum absolute atomic E-state index is 0.154. The van der Waals surface area contributed by atoms with E-state index < -0.39 is 0 Å². The van der Waals surface area contributed by atoms with E-state index in [9.17, 15) is 5.11 Å². The van der Waals surface area contributed by atoms with Crippen LogP contribution in [0.4, 0.5) is 5.82 Å². The molecule has 7 nitrogen and oxygen atoms in total. The second kappa shape index (κ2) is 6.05. The summed E-state index contributed by atoms with van der Waals surface area (Å²) in [4.78, 5) is 13.5. The molecule has 0 aromatic carbocycles. The van der Waals surface area contributed by atoms with Gasteiger partial charge in [0.25, 0.3) is 0 Å². The molecule has 2 aliphatic rings. The minimum atomic E-state index is -0.154. The zero-order valence-corrected chi connectivity index (χ0v) is 13.6. The fourth-order valence-corrected chi connectivity index (χ4v) is 3.92. The molecule has 1 N–H and O–H groups in total. The Balaban J connectivity index is 1.48. The van der Waals surface area contributed by atoms with Crippen molar-refractivity contribution in [1.82, 2.24) is 24.5 Å². The Morgan fingerprint density at radius 2 is 1.87 bits per heavy atom. The van der Waals surface area contributed by atoms with Crippen molar-refractivity contribution in [1.29, 1.82) is 0 Å². The van der Waals surface area contributed by atoms with Crippen LogP contribution in [0.1, 0.15) is 31.5 Å². The molecule has 4 rings (SSSR count). The molecule has 1 saturated heterocycles. The highest BCUT2D eigenvalue weighted by molar-refractivity contribution is 5.47. The third kappa shape index (κ3) is 2.79. The molecule has 2 fully saturated rings. The summed E-state index contributed by atoms with van der Waals surface area (Å²) in [5, 5.41) is 14.7. The van der Waals surface area contributed by atoms with Gasteiger partial charge in [-0.25, -0.2) is 4.98 Å². The van der Waals surface area contributed by atoms with Crippen LogP contribution in [0.2, 0.25) is 0 Å². The lowest BCUT2D eigenvalue weighted by Gasteiger charge is -2.43. The van der Waals surface area contributed by atoms with Crippen molar-refractivity contribution < 1.29 is 5.11 Å². The van der Waals surface area contributed by atoms with Crippen molar-refractivity contribution in [2.24, 2.45) is 0 Å². The largest absolute Gasteiger partial charge is 0.391 e. The van der Waals surface area contributed by atoms with Gasteiger partial charge >= 0.3 is 0 Å². The molecule has 0 bridgehead atoms. The van der Waals surface area contributed by atoms with Crippen molar-refractivity contribution in [2.45, 2.75) is 44.8 Å². The van der Waals surface area contributed by atoms with E-state index in [2.05, 4.69) is 24.9 Å². The van der Waals surface area contributed by atoms with Gasteiger partial charge in [0, 0.05) is 32.2 Å². The van der Waals surface area contributed by atoms with Crippen molar-refractivity contribution in [2.75, 3.05) is 31.1 Å². The third-order valence-corrected chi connectivity index (χ3v) is 5.14. The Kier molecular flexibility index (Phi) is 3.90. The number of rotatable bonds is 2. The molecule has 1 aliphatic carbocycles. The molecular formula is C16H24N6O. The molecule has 124 valence electrons. The average molecular weight is 316 g/mol. The smallest absolute Gasteiger partial charge is 0.176 e. The lowest BCUT2D eigenvalue weighted by molar-refractivity contribution is 0.0172. The molecule has 2 atom stereocenters. The molecule has 23 heavy (non-hydrogen) atoms. The maximum Gasteiger partial charge on any atom is 0.176 e. The normalized spacial score (nSPS) is 26.8. The Morgan fingerprint density at radius 3 is 2.65 bits per heavy atom. The van der Waals surface area contributed by atoms with Crippen LogP contribution in [-0.2, 0) is 0 Å². The zero-order chi connectivity index (χ0) is 15.8. The van der Waals surface area contributed by atoms with Crippen molar-refractivity contribution in [3.8, 4) is 0 Å². The molecule has 3 heterocycles. The first-order valence-electron chi connectivity index (χ1n) is 8.57. The summed E-state index contributed by atoms with van der Waals surface area (Å²) in [6, 6.07) is 0.341. The number of anilines is 1. The van der Waals surface area contributed by atoms with Gasteiger partial charge < -0.3 is 10.0 Å². The summed E-state index contributed by atoms with van der Waals surface area (Å²) in [6.07, 6.45) is 7.94. The number of hydrogen-bond acceptors (Lipinski definition) is 6. The summed E-state index contributed by atoms with van der Waals surface area (Å²) >= 11 is 0. The van der Waals surface area contributed by atoms with Crippen molar-refractivity contribution in [3.63, 3.8) is 0 Å². The fourth-order valence-electron chi connectivity index (χ4n) is 3.92. The number of aliphatic hydroxyl groups excluding tert-OH is 1. The minimum Gasteiger partial charge on any atom is -0.391 e. The molecule has 2 aromatic heterocycles. The Morgan fingerprint density at radius 1 is 1.09 bits per heavy atom. The highest BCUT2D eigenvalue weighted by atomic mass is 16.3. The molecule has 2 aromatic rings. The maximum absolute atomic E-state index is 10.3. The monoisotopic (exact) mass is 316 g/mol. The standard InChI is InChI=1S/C16H24N6O/c1-12-18-15-10-17-11-16(22(15)19-12)21-8-6-20(7-9-21)13-4-2-3-5-14(13)23/h10-11,13-14,23H,2-9H2,1H3. The van der Waals surface area contributed by atoms with Crippen LogP contribution in [0, 0.1) is 6.92 Å². The van der Waals surface area contributed by atoms with Gasteiger partial charge in [-0.2, -0.15) is 4.52 Å². The molecule has 7 heteroatoms. The molecule has 1 saturated carbocycles. The molecular weight excluding hydrogens is 292 g/mol. The predicted octanol–water partition coefficient (Wildman–Crippen LogP) is 0.858. The van der Waals surface area contributed by atoms with Gasteiger partial charge in [0.15, 0.2) is 11.5 Å². The topological polar surface area (TPSA) is 69.8 Å². The van der Waals surface area contributed by atoms with E-state index in [1.54, 1.807) is 6.20 Å². The van der Waals surface area contributed by atoms with Gasteiger partial charge in [0.2, 0.25) is 0 Å². The highest BCUT2D eigenvalue weighted by Gasteiger charge is 2.31. The van der Waals surface area contributed by atoms with E-state index in [-0.39, 0.29) is 6.10 Å². The quantitative estimate of drug-likeness (QED) is 0.886. The average Bonchev–Trinajstić information content (AvgIpc) is 2.96. The molecule has 0 amide bonds. The fraction of sp³-hybridized carbons (Fsp3) is 0.688. The Labute approximate surface area is 135 Å². The summed E-state index contributed by atoms with van der Waals surface area (Å²) in [6.45, 7) is 5.72. The van der Waals surface area contributed by atoms with Gasteiger partial charge in [-0.05, 0) is 19.8 Å². The lowest BCUT2D eigenvalue weighted by atomic mass is 9.91. The van der Waals surface area contributed by atoms with E-state index in [0.29, 0.717) is 6.04 Å². The molecule has 1 aliphatic heterocycles. The third-order valence-electron chi connectivity index (χ3n) is 5.14. The Hall–Kier alpha value is -1.73. The molecule has 2 unspecified atom stereocenters. The number of aryl methyl sites for hydroxylation is 1. The van der Waals surface area contributed by atoms with Gasteiger partial charge in [0.1, 0.15) is 5.82 Å². The van der Waals surface area contributed by atoms with Crippen LogP contribution >= 0.6 is 0 Å². The van der Waals surface area contributed by atoms with Crippen LogP contribution in [-0.4, -0.2) is 67.9 Å². The summed E-state index contributed by atoms with van der Waals surface area (Å²) in [5.41, 5.74) is 0.796. The van der Waals surface area contributed by atoms with Crippen LogP contribution in [0.15, 0.2) is 12.4 Å². The first-order valence-corrected chi connectivity index (χ1v) is 8.57. The first-order chi connectivity index (χ1) is 11.2. The first kappa shape index (κ1) is 14.8. The number of aromatic nitrogens is 4. The number of piperazine rings is 1. The molecule has 0 spiro atoms. The predicted molar refractivity (Wildman–Crippen MR) is 87.6 cm³/mol. The number of aliphatic hydroxyl groups is 1. The van der Waals surface area contributed by atoms with E-state index in [1.165, 1.54) is 6.42 Å². The van der Waals surface area contributed by atoms with E-state index in [0.717, 1.165) is 62.7 Å². The van der Waals surface area contributed by atoms with Gasteiger partial charge in [-0.1, -0.05) is 12.8 Å². The van der Waals surface area contributed by atoms with Crippen LogP contribution < -0.4 is 4.90 Å².